The molecule has 3 N–H and O–H groups in total. The maximum atomic E-state index is 11.9. The van der Waals surface area contributed by atoms with Crippen LogP contribution < -0.4 is 10.6 Å². The highest BCUT2D eigenvalue weighted by molar-refractivity contribution is 5.94. The molecule has 1 aromatic rings. The van der Waals surface area contributed by atoms with Gasteiger partial charge in [0.1, 0.15) is 0 Å². The van der Waals surface area contributed by atoms with Gasteiger partial charge in [0, 0.05) is 24.7 Å². The summed E-state index contributed by atoms with van der Waals surface area (Å²) in [5.74, 6) is -0.220. The SMILES string of the molecule is CCCC1CCC(NCc2ccc(C(=O)NCCC(=O)O)cc2)CC1. The van der Waals surface area contributed by atoms with Gasteiger partial charge in [-0.05, 0) is 49.3 Å². The van der Waals surface area contributed by atoms with Crippen LogP contribution in [0.5, 0.6) is 0 Å². The van der Waals surface area contributed by atoms with Crippen molar-refractivity contribution in [2.75, 3.05) is 6.54 Å². The van der Waals surface area contributed by atoms with E-state index in [1.807, 2.05) is 12.1 Å². The maximum absolute atomic E-state index is 11.9. The molecule has 0 aromatic heterocycles. The van der Waals surface area contributed by atoms with Crippen LogP contribution in [-0.4, -0.2) is 29.6 Å². The highest BCUT2D eigenvalue weighted by Crippen LogP contribution is 2.27. The molecule has 25 heavy (non-hydrogen) atoms. The molecule has 1 fully saturated rings. The summed E-state index contributed by atoms with van der Waals surface area (Å²) in [6.07, 6.45) is 7.78. The van der Waals surface area contributed by atoms with Crippen molar-refractivity contribution < 1.29 is 14.7 Å². The molecule has 5 nitrogen and oxygen atoms in total. The van der Waals surface area contributed by atoms with E-state index in [2.05, 4.69) is 17.6 Å². The molecular formula is C20H30N2O3. The molecule has 5 heteroatoms. The van der Waals surface area contributed by atoms with E-state index in [0.29, 0.717) is 11.6 Å². The summed E-state index contributed by atoms with van der Waals surface area (Å²) in [5.41, 5.74) is 1.73. The Bertz CT molecular complexity index is 549. The predicted molar refractivity (Wildman–Crippen MR) is 98.5 cm³/mol. The Labute approximate surface area is 150 Å². The summed E-state index contributed by atoms with van der Waals surface area (Å²) in [5, 5.41) is 14.8. The van der Waals surface area contributed by atoms with Crippen LogP contribution in [-0.2, 0) is 11.3 Å². The molecule has 1 amide bonds. The van der Waals surface area contributed by atoms with Crippen LogP contribution in [0.15, 0.2) is 24.3 Å². The Morgan fingerprint density at radius 3 is 2.40 bits per heavy atom. The zero-order valence-electron chi connectivity index (χ0n) is 15.1. The van der Waals surface area contributed by atoms with Crippen molar-refractivity contribution in [3.8, 4) is 0 Å². The van der Waals surface area contributed by atoms with Gasteiger partial charge in [-0.1, -0.05) is 31.9 Å². The van der Waals surface area contributed by atoms with Crippen LogP contribution in [0.25, 0.3) is 0 Å². The number of rotatable bonds is 9. The first-order chi connectivity index (χ1) is 12.1. The van der Waals surface area contributed by atoms with Gasteiger partial charge in [-0.2, -0.15) is 0 Å². The molecule has 0 radical (unpaired) electrons. The van der Waals surface area contributed by atoms with Gasteiger partial charge in [0.05, 0.1) is 6.42 Å². The zero-order chi connectivity index (χ0) is 18.1. The van der Waals surface area contributed by atoms with E-state index in [1.165, 1.54) is 38.5 Å². The fourth-order valence-electron chi connectivity index (χ4n) is 3.48. The first kappa shape index (κ1) is 19.4. The number of hydrogen-bond acceptors (Lipinski definition) is 3. The van der Waals surface area contributed by atoms with Crippen molar-refractivity contribution in [1.82, 2.24) is 10.6 Å². The van der Waals surface area contributed by atoms with Crippen LogP contribution >= 0.6 is 0 Å². The van der Waals surface area contributed by atoms with Crippen LogP contribution in [0.3, 0.4) is 0 Å². The number of carbonyl (C=O) groups excluding carboxylic acids is 1. The lowest BCUT2D eigenvalue weighted by atomic mass is 9.83. The fourth-order valence-corrected chi connectivity index (χ4v) is 3.48. The van der Waals surface area contributed by atoms with Gasteiger partial charge in [0.2, 0.25) is 0 Å². The van der Waals surface area contributed by atoms with Crippen molar-refractivity contribution in [1.29, 1.82) is 0 Å². The Morgan fingerprint density at radius 2 is 1.80 bits per heavy atom. The number of benzene rings is 1. The van der Waals surface area contributed by atoms with E-state index in [4.69, 9.17) is 5.11 Å². The second-order valence-electron chi connectivity index (χ2n) is 6.98. The molecule has 0 heterocycles. The summed E-state index contributed by atoms with van der Waals surface area (Å²) in [4.78, 5) is 22.4. The van der Waals surface area contributed by atoms with Crippen molar-refractivity contribution in [2.24, 2.45) is 5.92 Å². The molecule has 1 aliphatic rings. The minimum atomic E-state index is -0.912. The molecule has 0 spiro atoms. The van der Waals surface area contributed by atoms with Gasteiger partial charge in [-0.3, -0.25) is 9.59 Å². The van der Waals surface area contributed by atoms with Gasteiger partial charge in [-0.15, -0.1) is 0 Å². The van der Waals surface area contributed by atoms with Crippen LogP contribution in [0, 0.1) is 5.92 Å². The monoisotopic (exact) mass is 346 g/mol. The molecule has 1 aliphatic carbocycles. The van der Waals surface area contributed by atoms with Crippen LogP contribution in [0.2, 0.25) is 0 Å². The maximum Gasteiger partial charge on any atom is 0.305 e. The second-order valence-corrected chi connectivity index (χ2v) is 6.98. The van der Waals surface area contributed by atoms with E-state index in [-0.39, 0.29) is 18.9 Å². The van der Waals surface area contributed by atoms with Crippen LogP contribution in [0.1, 0.15) is 67.8 Å². The number of aliphatic carboxylic acids is 1. The van der Waals surface area contributed by atoms with Gasteiger partial charge in [-0.25, -0.2) is 0 Å². The summed E-state index contributed by atoms with van der Waals surface area (Å²) in [6.45, 7) is 3.24. The lowest BCUT2D eigenvalue weighted by Crippen LogP contribution is -2.32. The molecule has 0 unspecified atom stereocenters. The average molecular weight is 346 g/mol. The van der Waals surface area contributed by atoms with E-state index in [1.54, 1.807) is 12.1 Å². The third-order valence-electron chi connectivity index (χ3n) is 4.98. The summed E-state index contributed by atoms with van der Waals surface area (Å²) in [7, 11) is 0. The van der Waals surface area contributed by atoms with Crippen LogP contribution in [0.4, 0.5) is 0 Å². The highest BCUT2D eigenvalue weighted by Gasteiger charge is 2.19. The molecule has 0 bridgehead atoms. The van der Waals surface area contributed by atoms with Crippen molar-refractivity contribution >= 4 is 11.9 Å². The summed E-state index contributed by atoms with van der Waals surface area (Å²) < 4.78 is 0. The average Bonchev–Trinajstić information content (AvgIpc) is 2.61. The first-order valence-corrected chi connectivity index (χ1v) is 9.40. The lowest BCUT2D eigenvalue weighted by molar-refractivity contribution is -0.136. The van der Waals surface area contributed by atoms with Crippen molar-refractivity contribution in [2.45, 2.75) is 64.5 Å². The largest absolute Gasteiger partial charge is 0.481 e. The van der Waals surface area contributed by atoms with Crippen molar-refractivity contribution in [3.63, 3.8) is 0 Å². The molecule has 2 rings (SSSR count). The third-order valence-corrected chi connectivity index (χ3v) is 4.98. The standard InChI is InChI=1S/C20H30N2O3/c1-2-3-15-6-10-18(11-7-15)22-14-16-4-8-17(9-5-16)20(25)21-13-12-19(23)24/h4-5,8-9,15,18,22H,2-3,6-7,10-14H2,1H3,(H,21,25)(H,23,24). The van der Waals surface area contributed by atoms with Crippen molar-refractivity contribution in [3.05, 3.63) is 35.4 Å². The van der Waals surface area contributed by atoms with E-state index in [0.717, 1.165) is 18.0 Å². The number of carbonyl (C=O) groups is 2. The zero-order valence-corrected chi connectivity index (χ0v) is 15.1. The molecule has 1 aromatic carbocycles. The number of hydrogen-bond donors (Lipinski definition) is 3. The fraction of sp³-hybridized carbons (Fsp3) is 0.600. The molecule has 0 aliphatic heterocycles. The van der Waals surface area contributed by atoms with Gasteiger partial charge >= 0.3 is 5.97 Å². The quantitative estimate of drug-likeness (QED) is 0.641. The minimum absolute atomic E-state index is 0.0613. The third kappa shape index (κ3) is 6.86. The Hall–Kier alpha value is -1.88. The van der Waals surface area contributed by atoms with Gasteiger partial charge in [0.25, 0.3) is 5.91 Å². The molecule has 0 atom stereocenters. The normalized spacial score (nSPS) is 20.2. The number of carboxylic acid groups (broad SMARTS) is 1. The minimum Gasteiger partial charge on any atom is -0.481 e. The Balaban J connectivity index is 1.71. The van der Waals surface area contributed by atoms with E-state index >= 15 is 0 Å². The van der Waals surface area contributed by atoms with Gasteiger partial charge < -0.3 is 15.7 Å². The number of amides is 1. The van der Waals surface area contributed by atoms with Gasteiger partial charge in [0.15, 0.2) is 0 Å². The smallest absolute Gasteiger partial charge is 0.305 e. The number of carboxylic acids is 1. The second kappa shape index (κ2) is 10.2. The summed E-state index contributed by atoms with van der Waals surface area (Å²) in [6, 6.07) is 8.12. The lowest BCUT2D eigenvalue weighted by Gasteiger charge is -2.29. The highest BCUT2D eigenvalue weighted by atomic mass is 16.4. The van der Waals surface area contributed by atoms with E-state index < -0.39 is 5.97 Å². The predicted octanol–water partition coefficient (Wildman–Crippen LogP) is 3.34. The molecule has 138 valence electrons. The van der Waals surface area contributed by atoms with E-state index in [9.17, 15) is 9.59 Å². The number of nitrogens with one attached hydrogen (secondary N) is 2. The first-order valence-electron chi connectivity index (χ1n) is 9.40. The topological polar surface area (TPSA) is 78.4 Å². The Kier molecular flexibility index (Phi) is 7.92. The molecule has 0 saturated heterocycles. The molecular weight excluding hydrogens is 316 g/mol. The molecule has 1 saturated carbocycles. The Morgan fingerprint density at radius 1 is 1.12 bits per heavy atom. The summed E-state index contributed by atoms with van der Waals surface area (Å²) >= 11 is 0.